The molecule has 2 aliphatic heterocycles. The van der Waals surface area contributed by atoms with E-state index < -0.39 is 17.5 Å². The van der Waals surface area contributed by atoms with Crippen LogP contribution in [0.2, 0.25) is 0 Å². The van der Waals surface area contributed by atoms with E-state index in [9.17, 15) is 18.0 Å². The van der Waals surface area contributed by atoms with Crippen molar-refractivity contribution < 1.29 is 18.0 Å². The molecule has 1 amide bonds. The van der Waals surface area contributed by atoms with Gasteiger partial charge in [-0.25, -0.2) is 0 Å². The first kappa shape index (κ1) is 14.6. The first-order valence-corrected chi connectivity index (χ1v) is 6.94. The number of nitrogens with one attached hydrogen (secondary N) is 1. The third-order valence-electron chi connectivity index (χ3n) is 4.41. The summed E-state index contributed by atoms with van der Waals surface area (Å²) < 4.78 is 39.9. The molecule has 110 valence electrons. The summed E-state index contributed by atoms with van der Waals surface area (Å²) in [5.41, 5.74) is -2.19. The van der Waals surface area contributed by atoms with Gasteiger partial charge in [0.15, 0.2) is 5.41 Å². The first-order chi connectivity index (χ1) is 8.87. The molecule has 2 unspecified atom stereocenters. The number of halogens is 3. The zero-order chi connectivity index (χ0) is 14.1. The summed E-state index contributed by atoms with van der Waals surface area (Å²) in [5, 5.41) is 2.70. The van der Waals surface area contributed by atoms with E-state index >= 15 is 0 Å². The van der Waals surface area contributed by atoms with Gasteiger partial charge in [0, 0.05) is 19.6 Å². The highest BCUT2D eigenvalue weighted by Crippen LogP contribution is 2.44. The van der Waals surface area contributed by atoms with Gasteiger partial charge in [0.05, 0.1) is 0 Å². The standard InChI is InChI=1S/C13H21F3N2O/c1-10-3-2-7-18(8-4-10)11(19)12(13(14,15)16)5-6-17-9-12/h10,17H,2-9H2,1H3. The Labute approximate surface area is 111 Å². The zero-order valence-electron chi connectivity index (χ0n) is 11.2. The number of rotatable bonds is 1. The first-order valence-electron chi connectivity index (χ1n) is 6.94. The van der Waals surface area contributed by atoms with E-state index in [1.807, 2.05) is 0 Å². The third-order valence-corrected chi connectivity index (χ3v) is 4.41. The molecule has 0 radical (unpaired) electrons. The summed E-state index contributed by atoms with van der Waals surface area (Å²) >= 11 is 0. The Hall–Kier alpha value is -0.780. The van der Waals surface area contributed by atoms with Gasteiger partial charge in [-0.2, -0.15) is 13.2 Å². The van der Waals surface area contributed by atoms with Gasteiger partial charge in [-0.15, -0.1) is 0 Å². The molecule has 0 bridgehead atoms. The Morgan fingerprint density at radius 3 is 2.63 bits per heavy atom. The number of nitrogens with zero attached hydrogens (tertiary/aromatic N) is 1. The molecule has 3 nitrogen and oxygen atoms in total. The second-order valence-corrected chi connectivity index (χ2v) is 5.83. The highest BCUT2D eigenvalue weighted by atomic mass is 19.4. The SMILES string of the molecule is CC1CCCN(C(=O)C2(C(F)(F)F)CCNC2)CC1. The molecule has 0 aromatic rings. The minimum atomic E-state index is -4.47. The Morgan fingerprint density at radius 2 is 2.05 bits per heavy atom. The van der Waals surface area contributed by atoms with Gasteiger partial charge < -0.3 is 10.2 Å². The van der Waals surface area contributed by atoms with Crippen molar-refractivity contribution in [2.75, 3.05) is 26.2 Å². The van der Waals surface area contributed by atoms with Crippen molar-refractivity contribution >= 4 is 5.91 Å². The Bertz CT molecular complexity index is 337. The molecule has 2 atom stereocenters. The van der Waals surface area contributed by atoms with Crippen molar-refractivity contribution in [1.29, 1.82) is 0 Å². The minimum Gasteiger partial charge on any atom is -0.342 e. The zero-order valence-corrected chi connectivity index (χ0v) is 11.2. The minimum absolute atomic E-state index is 0.138. The van der Waals surface area contributed by atoms with Crippen molar-refractivity contribution in [3.05, 3.63) is 0 Å². The van der Waals surface area contributed by atoms with Crippen LogP contribution in [0.3, 0.4) is 0 Å². The molecule has 6 heteroatoms. The van der Waals surface area contributed by atoms with Gasteiger partial charge in [0.1, 0.15) is 0 Å². The van der Waals surface area contributed by atoms with Crippen molar-refractivity contribution in [2.24, 2.45) is 11.3 Å². The number of carbonyl (C=O) groups is 1. The maximum absolute atomic E-state index is 13.3. The predicted octanol–water partition coefficient (Wildman–Crippen LogP) is 2.18. The van der Waals surface area contributed by atoms with Crippen molar-refractivity contribution in [3.8, 4) is 0 Å². The number of hydrogen-bond acceptors (Lipinski definition) is 2. The molecule has 2 rings (SSSR count). The number of hydrogen-bond donors (Lipinski definition) is 1. The normalized spacial score (nSPS) is 33.3. The lowest BCUT2D eigenvalue weighted by Crippen LogP contribution is -2.53. The van der Waals surface area contributed by atoms with Gasteiger partial charge in [-0.3, -0.25) is 4.79 Å². The van der Waals surface area contributed by atoms with Gasteiger partial charge in [0.2, 0.25) is 5.91 Å². The molecule has 19 heavy (non-hydrogen) atoms. The van der Waals surface area contributed by atoms with E-state index in [-0.39, 0.29) is 19.5 Å². The summed E-state index contributed by atoms with van der Waals surface area (Å²) in [6.07, 6.45) is -2.02. The fraction of sp³-hybridized carbons (Fsp3) is 0.923. The van der Waals surface area contributed by atoms with Crippen LogP contribution < -0.4 is 5.32 Å². The smallest absolute Gasteiger partial charge is 0.342 e. The van der Waals surface area contributed by atoms with Gasteiger partial charge >= 0.3 is 6.18 Å². The number of carbonyl (C=O) groups excluding carboxylic acids is 1. The predicted molar refractivity (Wildman–Crippen MR) is 65.6 cm³/mol. The Morgan fingerprint density at radius 1 is 1.32 bits per heavy atom. The van der Waals surface area contributed by atoms with Crippen LogP contribution in [0.25, 0.3) is 0 Å². The second kappa shape index (κ2) is 5.31. The molecule has 0 saturated carbocycles. The van der Waals surface area contributed by atoms with Crippen LogP contribution in [0.5, 0.6) is 0 Å². The number of alkyl halides is 3. The fourth-order valence-corrected chi connectivity index (χ4v) is 3.01. The largest absolute Gasteiger partial charge is 0.404 e. The summed E-state index contributed by atoms with van der Waals surface area (Å²) in [6, 6.07) is 0. The summed E-state index contributed by atoms with van der Waals surface area (Å²) in [4.78, 5) is 13.8. The lowest BCUT2D eigenvalue weighted by Gasteiger charge is -2.34. The van der Waals surface area contributed by atoms with Gasteiger partial charge in [0.25, 0.3) is 0 Å². The average molecular weight is 278 g/mol. The molecular formula is C13H21F3N2O. The van der Waals surface area contributed by atoms with Gasteiger partial charge in [-0.05, 0) is 38.1 Å². The van der Waals surface area contributed by atoms with Crippen LogP contribution in [0.15, 0.2) is 0 Å². The molecular weight excluding hydrogens is 257 g/mol. The Kier molecular flexibility index (Phi) is 4.08. The van der Waals surface area contributed by atoms with Crippen molar-refractivity contribution in [2.45, 2.75) is 38.8 Å². The van der Waals surface area contributed by atoms with E-state index in [2.05, 4.69) is 12.2 Å². The van der Waals surface area contributed by atoms with E-state index in [0.29, 0.717) is 19.0 Å². The monoisotopic (exact) mass is 278 g/mol. The highest BCUT2D eigenvalue weighted by molar-refractivity contribution is 5.84. The van der Waals surface area contributed by atoms with Crippen LogP contribution in [0.4, 0.5) is 13.2 Å². The fourth-order valence-electron chi connectivity index (χ4n) is 3.01. The van der Waals surface area contributed by atoms with E-state index in [1.54, 1.807) is 0 Å². The molecule has 2 saturated heterocycles. The van der Waals surface area contributed by atoms with E-state index in [0.717, 1.165) is 19.3 Å². The van der Waals surface area contributed by atoms with Crippen LogP contribution in [0.1, 0.15) is 32.6 Å². The number of likely N-dealkylation sites (tertiary alicyclic amines) is 1. The van der Waals surface area contributed by atoms with Crippen LogP contribution in [-0.2, 0) is 4.79 Å². The maximum Gasteiger partial charge on any atom is 0.404 e. The third kappa shape index (κ3) is 2.73. The van der Waals surface area contributed by atoms with Gasteiger partial charge in [-0.1, -0.05) is 6.92 Å². The lowest BCUT2D eigenvalue weighted by molar-refractivity contribution is -0.221. The van der Waals surface area contributed by atoms with Crippen molar-refractivity contribution in [1.82, 2.24) is 10.2 Å². The molecule has 0 aromatic carbocycles. The highest BCUT2D eigenvalue weighted by Gasteiger charge is 2.62. The van der Waals surface area contributed by atoms with Crippen LogP contribution in [-0.4, -0.2) is 43.2 Å². The molecule has 1 N–H and O–H groups in total. The quantitative estimate of drug-likeness (QED) is 0.797. The van der Waals surface area contributed by atoms with Crippen LogP contribution in [0, 0.1) is 11.3 Å². The second-order valence-electron chi connectivity index (χ2n) is 5.83. The molecule has 0 aliphatic carbocycles. The molecule has 2 aliphatic rings. The molecule has 2 heterocycles. The Balaban J connectivity index is 2.16. The average Bonchev–Trinajstić information content (AvgIpc) is 2.73. The molecule has 2 fully saturated rings. The summed E-state index contributed by atoms with van der Waals surface area (Å²) in [7, 11) is 0. The van der Waals surface area contributed by atoms with E-state index in [1.165, 1.54) is 4.90 Å². The lowest BCUT2D eigenvalue weighted by atomic mass is 9.84. The van der Waals surface area contributed by atoms with Crippen molar-refractivity contribution in [3.63, 3.8) is 0 Å². The summed E-state index contributed by atoms with van der Waals surface area (Å²) in [5.74, 6) is -0.236. The topological polar surface area (TPSA) is 32.3 Å². The van der Waals surface area contributed by atoms with Crippen LogP contribution >= 0.6 is 0 Å². The molecule has 0 spiro atoms. The summed E-state index contributed by atoms with van der Waals surface area (Å²) in [6.45, 7) is 2.99. The number of amides is 1. The molecule has 0 aromatic heterocycles. The maximum atomic E-state index is 13.3. The van der Waals surface area contributed by atoms with E-state index in [4.69, 9.17) is 0 Å².